The number of carbonyl (C=O) groups is 1. The summed E-state index contributed by atoms with van der Waals surface area (Å²) in [5.41, 5.74) is -0.709. The molecule has 0 amide bonds. The lowest BCUT2D eigenvalue weighted by Crippen LogP contribution is -2.37. The van der Waals surface area contributed by atoms with Gasteiger partial charge in [-0.15, -0.1) is 0 Å². The first-order valence-corrected chi connectivity index (χ1v) is 10.9. The van der Waals surface area contributed by atoms with Crippen LogP contribution in [0.3, 0.4) is 0 Å². The van der Waals surface area contributed by atoms with E-state index >= 15 is 0 Å². The summed E-state index contributed by atoms with van der Waals surface area (Å²) in [6.45, 7) is 3.65. The van der Waals surface area contributed by atoms with Crippen LogP contribution in [0.15, 0.2) is 38.6 Å². The third-order valence-electron chi connectivity index (χ3n) is 5.75. The van der Waals surface area contributed by atoms with Crippen molar-refractivity contribution in [1.29, 1.82) is 0 Å². The Morgan fingerprint density at radius 1 is 1.03 bits per heavy atom. The van der Waals surface area contributed by atoms with Gasteiger partial charge in [-0.25, -0.2) is 9.20 Å². The lowest BCUT2D eigenvalue weighted by Gasteiger charge is -2.13. The number of aryl methyl sites for hydroxylation is 1. The maximum atomic E-state index is 13.4. The van der Waals surface area contributed by atoms with Crippen molar-refractivity contribution in [3.05, 3.63) is 66.6 Å². The van der Waals surface area contributed by atoms with Crippen molar-refractivity contribution < 1.29 is 14.6 Å². The number of carbonyl (C=O) groups excluding carboxylic acids is 1. The van der Waals surface area contributed by atoms with Gasteiger partial charge in [0.15, 0.2) is 11.2 Å². The average Bonchev–Trinajstić information content (AvgIpc) is 3.23. The Bertz CT molecular complexity index is 1600. The molecule has 1 N–H and O–H groups in total. The van der Waals surface area contributed by atoms with Crippen LogP contribution in [0.5, 0.6) is 11.6 Å². The van der Waals surface area contributed by atoms with Crippen molar-refractivity contribution in [3.8, 4) is 11.6 Å². The van der Waals surface area contributed by atoms with E-state index in [1.165, 1.54) is 27.6 Å². The Hall–Kier alpha value is -4.15. The molecule has 1 aromatic carbocycles. The summed E-state index contributed by atoms with van der Waals surface area (Å²) in [5.74, 6) is -0.296. The van der Waals surface area contributed by atoms with E-state index in [1.807, 2.05) is 6.92 Å². The Morgan fingerprint density at radius 3 is 2.32 bits per heavy atom. The zero-order chi connectivity index (χ0) is 24.7. The molecule has 0 fully saturated rings. The van der Waals surface area contributed by atoms with Crippen LogP contribution in [0.4, 0.5) is 0 Å². The summed E-state index contributed by atoms with van der Waals surface area (Å²) >= 11 is 0. The molecule has 11 heteroatoms. The molecule has 0 aliphatic carbocycles. The second-order valence-corrected chi connectivity index (χ2v) is 8.04. The van der Waals surface area contributed by atoms with Crippen molar-refractivity contribution in [1.82, 2.24) is 23.1 Å². The standard InChI is InChI=1S/C23H25N5O6/c1-5-7-15-19(30)27(12-13-8-10-14(11-9-13)34-16(29)6-2)22-24-18-17(28(22)20(15)31)21(32)26(4)23(33)25(18)3/h8-11,31H,5-7,12H2,1-4H3. The number of aromatic nitrogens is 5. The van der Waals surface area contributed by atoms with Gasteiger partial charge < -0.3 is 9.84 Å². The predicted molar refractivity (Wildman–Crippen MR) is 125 cm³/mol. The van der Waals surface area contributed by atoms with E-state index in [1.54, 1.807) is 31.2 Å². The van der Waals surface area contributed by atoms with Crippen molar-refractivity contribution in [2.75, 3.05) is 0 Å². The summed E-state index contributed by atoms with van der Waals surface area (Å²) in [6, 6.07) is 6.68. The highest BCUT2D eigenvalue weighted by Crippen LogP contribution is 2.23. The number of esters is 1. The molecule has 0 atom stereocenters. The fourth-order valence-electron chi connectivity index (χ4n) is 3.91. The maximum Gasteiger partial charge on any atom is 0.332 e. The Labute approximate surface area is 193 Å². The molecule has 0 bridgehead atoms. The number of ether oxygens (including phenoxy) is 1. The number of fused-ring (bicyclic) bond motifs is 3. The van der Waals surface area contributed by atoms with E-state index in [0.29, 0.717) is 17.7 Å². The van der Waals surface area contributed by atoms with Crippen molar-refractivity contribution in [3.63, 3.8) is 0 Å². The van der Waals surface area contributed by atoms with Gasteiger partial charge in [-0.1, -0.05) is 32.4 Å². The van der Waals surface area contributed by atoms with Gasteiger partial charge in [-0.2, -0.15) is 4.98 Å². The second kappa shape index (κ2) is 8.65. The summed E-state index contributed by atoms with van der Waals surface area (Å²) in [6.07, 6.45) is 1.13. The average molecular weight is 467 g/mol. The van der Waals surface area contributed by atoms with Gasteiger partial charge in [0.05, 0.1) is 12.1 Å². The van der Waals surface area contributed by atoms with E-state index in [9.17, 15) is 24.3 Å². The van der Waals surface area contributed by atoms with Gasteiger partial charge >= 0.3 is 11.7 Å². The van der Waals surface area contributed by atoms with Crippen LogP contribution in [0.2, 0.25) is 0 Å². The lowest BCUT2D eigenvalue weighted by molar-refractivity contribution is -0.134. The number of benzene rings is 1. The van der Waals surface area contributed by atoms with Crippen LogP contribution < -0.4 is 21.5 Å². The normalized spacial score (nSPS) is 11.4. The molecule has 0 radical (unpaired) electrons. The summed E-state index contributed by atoms with van der Waals surface area (Å²) < 4.78 is 9.93. The molecule has 3 heterocycles. The summed E-state index contributed by atoms with van der Waals surface area (Å²) in [4.78, 5) is 54.7. The molecular formula is C23H25N5O6. The molecule has 0 unspecified atom stereocenters. The van der Waals surface area contributed by atoms with E-state index in [2.05, 4.69) is 4.98 Å². The number of imidazole rings is 1. The lowest BCUT2D eigenvalue weighted by atomic mass is 10.1. The van der Waals surface area contributed by atoms with Crippen LogP contribution in [0.1, 0.15) is 37.8 Å². The SMILES string of the molecule is CCCc1c(O)n2c3c(=O)n(C)c(=O)n(C)c3nc2n(Cc2ccc(OC(=O)CC)cc2)c1=O. The first-order chi connectivity index (χ1) is 16.2. The molecule has 0 aliphatic rings. The minimum absolute atomic E-state index is 0.00466. The third kappa shape index (κ3) is 3.58. The molecule has 0 spiro atoms. The molecular weight excluding hydrogens is 442 g/mol. The quantitative estimate of drug-likeness (QED) is 0.332. The summed E-state index contributed by atoms with van der Waals surface area (Å²) in [7, 11) is 2.82. The molecule has 178 valence electrons. The predicted octanol–water partition coefficient (Wildman–Crippen LogP) is 1.07. The van der Waals surface area contributed by atoms with E-state index < -0.39 is 16.8 Å². The van der Waals surface area contributed by atoms with Gasteiger partial charge in [-0.3, -0.25) is 28.1 Å². The van der Waals surface area contributed by atoms with Gasteiger partial charge in [0.2, 0.25) is 11.7 Å². The molecule has 11 nitrogen and oxygen atoms in total. The van der Waals surface area contributed by atoms with Gasteiger partial charge in [-0.05, 0) is 24.1 Å². The van der Waals surface area contributed by atoms with Crippen LogP contribution >= 0.6 is 0 Å². The molecule has 4 aromatic rings. The number of rotatable bonds is 6. The maximum absolute atomic E-state index is 13.4. The number of hydrogen-bond acceptors (Lipinski definition) is 7. The highest BCUT2D eigenvalue weighted by molar-refractivity contribution is 5.76. The molecule has 3 aromatic heterocycles. The zero-order valence-corrected chi connectivity index (χ0v) is 19.4. The largest absolute Gasteiger partial charge is 0.494 e. The monoisotopic (exact) mass is 467 g/mol. The zero-order valence-electron chi connectivity index (χ0n) is 19.4. The topological polar surface area (TPSA) is 130 Å². The van der Waals surface area contributed by atoms with Crippen molar-refractivity contribution in [2.24, 2.45) is 14.1 Å². The number of hydrogen-bond donors (Lipinski definition) is 1. The van der Waals surface area contributed by atoms with Crippen LogP contribution in [-0.4, -0.2) is 34.2 Å². The number of aromatic hydroxyl groups is 1. The molecule has 0 saturated heterocycles. The van der Waals surface area contributed by atoms with Gasteiger partial charge in [0.25, 0.3) is 11.1 Å². The Balaban J connectivity index is 1.98. The number of nitrogens with zero attached hydrogens (tertiary/aromatic N) is 5. The highest BCUT2D eigenvalue weighted by atomic mass is 16.5. The van der Waals surface area contributed by atoms with Crippen LogP contribution in [0.25, 0.3) is 16.9 Å². The van der Waals surface area contributed by atoms with Crippen LogP contribution in [-0.2, 0) is 31.9 Å². The van der Waals surface area contributed by atoms with Crippen molar-refractivity contribution >= 4 is 22.9 Å². The molecule has 4 rings (SSSR count). The fourth-order valence-corrected chi connectivity index (χ4v) is 3.91. The third-order valence-corrected chi connectivity index (χ3v) is 5.75. The van der Waals surface area contributed by atoms with E-state index in [0.717, 1.165) is 4.57 Å². The summed E-state index contributed by atoms with van der Waals surface area (Å²) in [5, 5.41) is 11.0. The molecule has 0 aliphatic heterocycles. The van der Waals surface area contributed by atoms with Crippen molar-refractivity contribution in [2.45, 2.75) is 39.7 Å². The van der Waals surface area contributed by atoms with Gasteiger partial charge in [0, 0.05) is 20.5 Å². The van der Waals surface area contributed by atoms with Gasteiger partial charge in [0.1, 0.15) is 5.75 Å². The molecule has 34 heavy (non-hydrogen) atoms. The van der Waals surface area contributed by atoms with E-state index in [4.69, 9.17) is 4.74 Å². The minimum atomic E-state index is -0.629. The minimum Gasteiger partial charge on any atom is -0.494 e. The fraction of sp³-hybridized carbons (Fsp3) is 0.348. The van der Waals surface area contributed by atoms with E-state index in [-0.39, 0.29) is 53.7 Å². The smallest absolute Gasteiger partial charge is 0.332 e. The first kappa shape index (κ1) is 23.0. The first-order valence-electron chi connectivity index (χ1n) is 10.9. The Morgan fingerprint density at radius 2 is 1.71 bits per heavy atom. The molecule has 0 saturated carbocycles. The Kier molecular flexibility index (Phi) is 5.86. The highest BCUT2D eigenvalue weighted by Gasteiger charge is 2.24. The second-order valence-electron chi connectivity index (χ2n) is 8.04. The van der Waals surface area contributed by atoms with Crippen LogP contribution in [0, 0.1) is 0 Å².